The molecule has 17 heavy (non-hydrogen) atoms. The minimum Gasteiger partial charge on any atom is -0.359 e. The quantitative estimate of drug-likeness (QED) is 0.562. The third-order valence-corrected chi connectivity index (χ3v) is 2.69. The Bertz CT molecular complexity index is 417. The molecule has 0 unspecified atom stereocenters. The summed E-state index contributed by atoms with van der Waals surface area (Å²) in [4.78, 5) is 0. The summed E-state index contributed by atoms with van der Waals surface area (Å²) in [6.45, 7) is 10.0. The van der Waals surface area contributed by atoms with E-state index in [1.165, 1.54) is 0 Å². The third kappa shape index (κ3) is 3.81. The second-order valence-electron chi connectivity index (χ2n) is 4.26. The molecular formula is C11H19N5S. The molecule has 3 N–H and O–H groups in total. The van der Waals surface area contributed by atoms with Gasteiger partial charge < -0.3 is 5.32 Å². The maximum atomic E-state index is 5.10. The standard InChI is InChI=1S/C11H19N5S/c1-6(2)12-11(17)16-15-10-8(4)7(3)9(5)13-14-10/h6H,1-5H3,(H,14,15)(H2,12,16,17). The molecule has 1 heterocycles. The van der Waals surface area contributed by atoms with Crippen molar-refractivity contribution in [1.29, 1.82) is 0 Å². The van der Waals surface area contributed by atoms with E-state index in [1.54, 1.807) is 0 Å². The Labute approximate surface area is 107 Å². The molecule has 0 radical (unpaired) electrons. The van der Waals surface area contributed by atoms with Crippen molar-refractivity contribution >= 4 is 23.1 Å². The van der Waals surface area contributed by atoms with Gasteiger partial charge in [0.25, 0.3) is 0 Å². The predicted octanol–water partition coefficient (Wildman–Crippen LogP) is 1.60. The lowest BCUT2D eigenvalue weighted by molar-refractivity contribution is 0.723. The Morgan fingerprint density at radius 2 is 1.76 bits per heavy atom. The van der Waals surface area contributed by atoms with Gasteiger partial charge in [0.05, 0.1) is 5.69 Å². The van der Waals surface area contributed by atoms with Gasteiger partial charge >= 0.3 is 0 Å². The number of nitrogens with one attached hydrogen (secondary N) is 3. The SMILES string of the molecule is Cc1nnc(NNC(=S)NC(C)C)c(C)c1C. The van der Waals surface area contributed by atoms with Crippen LogP contribution in [-0.4, -0.2) is 21.4 Å². The zero-order chi connectivity index (χ0) is 13.0. The number of hydrogen-bond donors (Lipinski definition) is 3. The normalized spacial score (nSPS) is 10.2. The molecule has 0 aliphatic rings. The van der Waals surface area contributed by atoms with Crippen LogP contribution in [0.15, 0.2) is 0 Å². The summed E-state index contributed by atoms with van der Waals surface area (Å²) in [7, 11) is 0. The van der Waals surface area contributed by atoms with Crippen LogP contribution in [0.4, 0.5) is 5.82 Å². The number of hydrogen-bond acceptors (Lipinski definition) is 4. The summed E-state index contributed by atoms with van der Waals surface area (Å²) in [5.74, 6) is 0.695. The van der Waals surface area contributed by atoms with Gasteiger partial charge in [0, 0.05) is 6.04 Å². The van der Waals surface area contributed by atoms with Gasteiger partial charge in [-0.05, 0) is 58.0 Å². The molecule has 0 spiro atoms. The van der Waals surface area contributed by atoms with Gasteiger partial charge in [-0.3, -0.25) is 10.9 Å². The largest absolute Gasteiger partial charge is 0.359 e. The molecule has 0 saturated heterocycles. The summed E-state index contributed by atoms with van der Waals surface area (Å²) in [5, 5.41) is 11.8. The van der Waals surface area contributed by atoms with Crippen LogP contribution in [-0.2, 0) is 0 Å². The molecule has 0 saturated carbocycles. The van der Waals surface area contributed by atoms with Crippen molar-refractivity contribution in [1.82, 2.24) is 20.9 Å². The van der Waals surface area contributed by atoms with E-state index in [0.29, 0.717) is 17.0 Å². The van der Waals surface area contributed by atoms with Crippen molar-refractivity contribution < 1.29 is 0 Å². The molecule has 94 valence electrons. The van der Waals surface area contributed by atoms with E-state index >= 15 is 0 Å². The molecular weight excluding hydrogens is 234 g/mol. The highest BCUT2D eigenvalue weighted by atomic mass is 32.1. The Balaban J connectivity index is 2.64. The fourth-order valence-electron chi connectivity index (χ4n) is 1.26. The summed E-state index contributed by atoms with van der Waals surface area (Å²) in [6.07, 6.45) is 0. The summed E-state index contributed by atoms with van der Waals surface area (Å²) in [5.41, 5.74) is 8.98. The van der Waals surface area contributed by atoms with Gasteiger partial charge in [0.2, 0.25) is 0 Å². The minimum atomic E-state index is 0.295. The second-order valence-corrected chi connectivity index (χ2v) is 4.67. The monoisotopic (exact) mass is 253 g/mol. The Morgan fingerprint density at radius 3 is 2.35 bits per heavy atom. The fourth-order valence-corrected chi connectivity index (χ4v) is 1.54. The van der Waals surface area contributed by atoms with E-state index < -0.39 is 0 Å². The number of rotatable bonds is 3. The molecule has 5 nitrogen and oxygen atoms in total. The number of nitrogens with zero attached hydrogens (tertiary/aromatic N) is 2. The Morgan fingerprint density at radius 1 is 1.12 bits per heavy atom. The Kier molecular flexibility index (Phi) is 4.62. The average Bonchev–Trinajstić information content (AvgIpc) is 2.24. The van der Waals surface area contributed by atoms with Gasteiger partial charge in [0.15, 0.2) is 10.9 Å². The van der Waals surface area contributed by atoms with Crippen molar-refractivity contribution in [2.45, 2.75) is 40.7 Å². The highest BCUT2D eigenvalue weighted by molar-refractivity contribution is 7.80. The first-order chi connectivity index (χ1) is 7.91. The molecule has 1 aromatic heterocycles. The molecule has 0 fully saturated rings. The van der Waals surface area contributed by atoms with Gasteiger partial charge in [-0.1, -0.05) is 0 Å². The zero-order valence-electron chi connectivity index (χ0n) is 10.9. The van der Waals surface area contributed by atoms with Crippen LogP contribution in [0, 0.1) is 20.8 Å². The molecule has 0 bridgehead atoms. The van der Waals surface area contributed by atoms with Gasteiger partial charge in [-0.25, -0.2) is 0 Å². The van der Waals surface area contributed by atoms with Crippen LogP contribution >= 0.6 is 12.2 Å². The van der Waals surface area contributed by atoms with Crippen molar-refractivity contribution in [2.75, 3.05) is 5.43 Å². The molecule has 6 heteroatoms. The van der Waals surface area contributed by atoms with E-state index in [2.05, 4.69) is 26.4 Å². The maximum Gasteiger partial charge on any atom is 0.185 e. The summed E-state index contributed by atoms with van der Waals surface area (Å²) in [6, 6.07) is 0.295. The lowest BCUT2D eigenvalue weighted by Gasteiger charge is -2.15. The molecule has 0 aliphatic heterocycles. The highest BCUT2D eigenvalue weighted by Gasteiger charge is 2.06. The van der Waals surface area contributed by atoms with Gasteiger partial charge in [0.1, 0.15) is 0 Å². The van der Waals surface area contributed by atoms with Crippen molar-refractivity contribution in [3.8, 4) is 0 Å². The third-order valence-electron chi connectivity index (χ3n) is 2.47. The Hall–Kier alpha value is -1.43. The summed E-state index contributed by atoms with van der Waals surface area (Å²) < 4.78 is 0. The number of aromatic nitrogens is 2. The van der Waals surface area contributed by atoms with Crippen LogP contribution in [0.2, 0.25) is 0 Å². The van der Waals surface area contributed by atoms with E-state index in [0.717, 1.165) is 16.8 Å². The average molecular weight is 253 g/mol. The number of thiocarbonyl (C=S) groups is 1. The number of aryl methyl sites for hydroxylation is 1. The first kappa shape index (κ1) is 13.6. The zero-order valence-corrected chi connectivity index (χ0v) is 11.7. The molecule has 0 amide bonds. The van der Waals surface area contributed by atoms with Crippen molar-refractivity contribution in [3.63, 3.8) is 0 Å². The molecule has 0 aromatic carbocycles. The maximum absolute atomic E-state index is 5.10. The fraction of sp³-hybridized carbons (Fsp3) is 0.545. The van der Waals surface area contributed by atoms with Crippen molar-refractivity contribution in [2.24, 2.45) is 0 Å². The van der Waals surface area contributed by atoms with E-state index in [-0.39, 0.29) is 0 Å². The molecule has 0 atom stereocenters. The lowest BCUT2D eigenvalue weighted by atomic mass is 10.1. The molecule has 1 aromatic rings. The smallest absolute Gasteiger partial charge is 0.185 e. The minimum absolute atomic E-state index is 0.295. The predicted molar refractivity (Wildman–Crippen MR) is 73.9 cm³/mol. The first-order valence-electron chi connectivity index (χ1n) is 5.54. The van der Waals surface area contributed by atoms with E-state index in [1.807, 2.05) is 34.6 Å². The number of hydrazine groups is 1. The number of anilines is 1. The second kappa shape index (κ2) is 5.77. The summed E-state index contributed by atoms with van der Waals surface area (Å²) >= 11 is 5.10. The first-order valence-corrected chi connectivity index (χ1v) is 5.95. The van der Waals surface area contributed by atoms with E-state index in [9.17, 15) is 0 Å². The van der Waals surface area contributed by atoms with Crippen LogP contribution in [0.3, 0.4) is 0 Å². The molecule has 1 rings (SSSR count). The van der Waals surface area contributed by atoms with Crippen LogP contribution in [0.25, 0.3) is 0 Å². The van der Waals surface area contributed by atoms with Crippen LogP contribution < -0.4 is 16.2 Å². The van der Waals surface area contributed by atoms with Crippen LogP contribution in [0.5, 0.6) is 0 Å². The van der Waals surface area contributed by atoms with Crippen molar-refractivity contribution in [3.05, 3.63) is 16.8 Å². The highest BCUT2D eigenvalue weighted by Crippen LogP contribution is 2.15. The molecule has 0 aliphatic carbocycles. The van der Waals surface area contributed by atoms with Gasteiger partial charge in [-0.2, -0.15) is 5.10 Å². The topological polar surface area (TPSA) is 61.9 Å². The van der Waals surface area contributed by atoms with Gasteiger partial charge in [-0.15, -0.1) is 5.10 Å². The van der Waals surface area contributed by atoms with E-state index in [4.69, 9.17) is 12.2 Å². The lowest BCUT2D eigenvalue weighted by Crippen LogP contribution is -2.42. The van der Waals surface area contributed by atoms with Crippen LogP contribution in [0.1, 0.15) is 30.7 Å².